The number of nitrogens with zero attached hydrogens (tertiary/aromatic N) is 1. The SMILES string of the molecule is O=C(Cc1ccc2[nH]ncc2c1)N[C@@H]1c2ccccc2C[C@H]1O. The third-order valence-electron chi connectivity index (χ3n) is 4.39. The molecule has 2 aromatic carbocycles. The topological polar surface area (TPSA) is 78.0 Å². The molecule has 0 spiro atoms. The zero-order valence-electron chi connectivity index (χ0n) is 12.5. The van der Waals surface area contributed by atoms with Crippen LogP contribution >= 0.6 is 0 Å². The first kappa shape index (κ1) is 14.0. The number of aromatic amines is 1. The van der Waals surface area contributed by atoms with Gasteiger partial charge in [-0.15, -0.1) is 0 Å². The molecule has 116 valence electrons. The molecule has 0 radical (unpaired) electrons. The molecule has 1 heterocycles. The molecule has 0 fully saturated rings. The quantitative estimate of drug-likeness (QED) is 0.691. The number of benzene rings is 2. The highest BCUT2D eigenvalue weighted by Gasteiger charge is 2.31. The summed E-state index contributed by atoms with van der Waals surface area (Å²) in [5.74, 6) is -0.0893. The Morgan fingerprint density at radius 1 is 1.30 bits per heavy atom. The van der Waals surface area contributed by atoms with Gasteiger partial charge in [0.15, 0.2) is 0 Å². The number of aromatic nitrogens is 2. The first-order valence-corrected chi connectivity index (χ1v) is 7.68. The first-order chi connectivity index (χ1) is 11.2. The summed E-state index contributed by atoms with van der Waals surface area (Å²) in [6, 6.07) is 13.3. The molecule has 0 saturated carbocycles. The van der Waals surface area contributed by atoms with E-state index in [2.05, 4.69) is 15.5 Å². The van der Waals surface area contributed by atoms with Crippen LogP contribution in [0.2, 0.25) is 0 Å². The number of rotatable bonds is 3. The monoisotopic (exact) mass is 307 g/mol. The fourth-order valence-corrected chi connectivity index (χ4v) is 3.26. The summed E-state index contributed by atoms with van der Waals surface area (Å²) < 4.78 is 0. The van der Waals surface area contributed by atoms with Gasteiger partial charge in [-0.1, -0.05) is 30.3 Å². The largest absolute Gasteiger partial charge is 0.390 e. The highest BCUT2D eigenvalue weighted by atomic mass is 16.3. The van der Waals surface area contributed by atoms with Gasteiger partial charge in [-0.05, 0) is 28.8 Å². The van der Waals surface area contributed by atoms with Gasteiger partial charge >= 0.3 is 0 Å². The van der Waals surface area contributed by atoms with E-state index in [1.807, 2.05) is 42.5 Å². The predicted octanol–water partition coefficient (Wildman–Crippen LogP) is 1.88. The van der Waals surface area contributed by atoms with Crippen molar-refractivity contribution in [1.82, 2.24) is 15.5 Å². The second-order valence-corrected chi connectivity index (χ2v) is 5.98. The van der Waals surface area contributed by atoms with E-state index in [1.54, 1.807) is 6.20 Å². The molecule has 3 N–H and O–H groups in total. The summed E-state index contributed by atoms with van der Waals surface area (Å²) in [6.07, 6.45) is 2.05. The Kier molecular flexibility index (Phi) is 3.35. The maximum Gasteiger partial charge on any atom is 0.224 e. The number of carbonyl (C=O) groups excluding carboxylic acids is 1. The van der Waals surface area contributed by atoms with Crippen LogP contribution in [-0.2, 0) is 17.6 Å². The van der Waals surface area contributed by atoms with Crippen LogP contribution in [0, 0.1) is 0 Å². The summed E-state index contributed by atoms with van der Waals surface area (Å²) in [5.41, 5.74) is 4.00. The Labute approximate surface area is 133 Å². The van der Waals surface area contributed by atoms with Crippen molar-refractivity contribution in [3.63, 3.8) is 0 Å². The molecule has 1 aromatic heterocycles. The predicted molar refractivity (Wildman–Crippen MR) is 86.8 cm³/mol. The molecule has 5 heteroatoms. The normalized spacial score (nSPS) is 19.7. The summed E-state index contributed by atoms with van der Waals surface area (Å²) in [5, 5.41) is 21.0. The molecule has 23 heavy (non-hydrogen) atoms. The fraction of sp³-hybridized carbons (Fsp3) is 0.222. The third-order valence-corrected chi connectivity index (χ3v) is 4.39. The van der Waals surface area contributed by atoms with E-state index in [0.29, 0.717) is 6.42 Å². The molecule has 0 saturated heterocycles. The van der Waals surface area contributed by atoms with Gasteiger partial charge in [-0.3, -0.25) is 9.89 Å². The zero-order valence-corrected chi connectivity index (χ0v) is 12.5. The van der Waals surface area contributed by atoms with Crippen LogP contribution in [0.4, 0.5) is 0 Å². The molecular weight excluding hydrogens is 290 g/mol. The highest BCUT2D eigenvalue weighted by molar-refractivity contribution is 5.83. The smallest absolute Gasteiger partial charge is 0.224 e. The van der Waals surface area contributed by atoms with Crippen molar-refractivity contribution in [3.05, 3.63) is 65.4 Å². The molecule has 2 atom stereocenters. The lowest BCUT2D eigenvalue weighted by atomic mass is 10.1. The van der Waals surface area contributed by atoms with Crippen molar-refractivity contribution >= 4 is 16.8 Å². The van der Waals surface area contributed by atoms with E-state index in [4.69, 9.17) is 0 Å². The molecule has 1 aliphatic rings. The molecule has 4 rings (SSSR count). The minimum Gasteiger partial charge on any atom is -0.390 e. The number of aliphatic hydroxyl groups excluding tert-OH is 1. The maximum atomic E-state index is 12.4. The molecule has 5 nitrogen and oxygen atoms in total. The van der Waals surface area contributed by atoms with Gasteiger partial charge in [0, 0.05) is 11.8 Å². The van der Waals surface area contributed by atoms with E-state index in [0.717, 1.165) is 27.6 Å². The Morgan fingerprint density at radius 3 is 3.09 bits per heavy atom. The lowest BCUT2D eigenvalue weighted by Crippen LogP contribution is -2.34. The second-order valence-electron chi connectivity index (χ2n) is 5.98. The number of amides is 1. The van der Waals surface area contributed by atoms with Crippen LogP contribution in [0.15, 0.2) is 48.7 Å². The minimum absolute atomic E-state index is 0.0893. The van der Waals surface area contributed by atoms with E-state index < -0.39 is 6.10 Å². The minimum atomic E-state index is -0.562. The Bertz CT molecular complexity index is 871. The maximum absolute atomic E-state index is 12.4. The number of hydrogen-bond donors (Lipinski definition) is 3. The molecule has 0 aliphatic heterocycles. The fourth-order valence-electron chi connectivity index (χ4n) is 3.26. The number of aliphatic hydroxyl groups is 1. The zero-order chi connectivity index (χ0) is 15.8. The van der Waals surface area contributed by atoms with Crippen molar-refractivity contribution in [2.75, 3.05) is 0 Å². The van der Waals surface area contributed by atoms with Gasteiger partial charge in [-0.2, -0.15) is 5.10 Å². The van der Waals surface area contributed by atoms with E-state index in [9.17, 15) is 9.90 Å². The second kappa shape index (κ2) is 5.52. The third kappa shape index (κ3) is 2.59. The van der Waals surface area contributed by atoms with Crippen molar-refractivity contribution in [2.24, 2.45) is 0 Å². The van der Waals surface area contributed by atoms with E-state index in [1.165, 1.54) is 0 Å². The Morgan fingerprint density at radius 2 is 2.17 bits per heavy atom. The van der Waals surface area contributed by atoms with Gasteiger partial charge in [0.25, 0.3) is 0 Å². The Balaban J connectivity index is 1.49. The van der Waals surface area contributed by atoms with Crippen molar-refractivity contribution in [2.45, 2.75) is 25.0 Å². The molecule has 1 amide bonds. The highest BCUT2D eigenvalue weighted by Crippen LogP contribution is 2.31. The first-order valence-electron chi connectivity index (χ1n) is 7.68. The van der Waals surface area contributed by atoms with Crippen molar-refractivity contribution in [3.8, 4) is 0 Å². The number of carbonyl (C=O) groups is 1. The molecular formula is C18H17N3O2. The van der Waals surface area contributed by atoms with Crippen LogP contribution in [0.5, 0.6) is 0 Å². The van der Waals surface area contributed by atoms with E-state index >= 15 is 0 Å². The lowest BCUT2D eigenvalue weighted by molar-refractivity contribution is -0.121. The molecule has 0 unspecified atom stereocenters. The van der Waals surface area contributed by atoms with Crippen molar-refractivity contribution < 1.29 is 9.90 Å². The number of hydrogen-bond acceptors (Lipinski definition) is 3. The van der Waals surface area contributed by atoms with Gasteiger partial charge in [0.05, 0.1) is 30.3 Å². The van der Waals surface area contributed by atoms with Crippen LogP contribution in [0.25, 0.3) is 10.9 Å². The van der Waals surface area contributed by atoms with Crippen LogP contribution in [-0.4, -0.2) is 27.3 Å². The van der Waals surface area contributed by atoms with Crippen molar-refractivity contribution in [1.29, 1.82) is 0 Å². The standard InChI is InChI=1S/C18H17N3O2/c22-16-9-12-3-1-2-4-14(12)18(16)20-17(23)8-11-5-6-15-13(7-11)10-19-21-15/h1-7,10,16,18,22H,8-9H2,(H,19,21)(H,20,23)/t16-,18-/m1/s1. The number of fused-ring (bicyclic) bond motifs is 2. The molecule has 1 aliphatic carbocycles. The average Bonchev–Trinajstić information content (AvgIpc) is 3.12. The summed E-state index contributed by atoms with van der Waals surface area (Å²) >= 11 is 0. The number of nitrogens with one attached hydrogen (secondary N) is 2. The molecule has 3 aromatic rings. The lowest BCUT2D eigenvalue weighted by Gasteiger charge is -2.18. The van der Waals surface area contributed by atoms with Gasteiger partial charge in [0.2, 0.25) is 5.91 Å². The van der Waals surface area contributed by atoms with Gasteiger partial charge < -0.3 is 10.4 Å². The van der Waals surface area contributed by atoms with Crippen LogP contribution < -0.4 is 5.32 Å². The van der Waals surface area contributed by atoms with Gasteiger partial charge in [0.1, 0.15) is 0 Å². The summed E-state index contributed by atoms with van der Waals surface area (Å²) in [7, 11) is 0. The Hall–Kier alpha value is -2.66. The van der Waals surface area contributed by atoms with E-state index in [-0.39, 0.29) is 18.4 Å². The van der Waals surface area contributed by atoms with Crippen LogP contribution in [0.1, 0.15) is 22.7 Å². The summed E-state index contributed by atoms with van der Waals surface area (Å²) in [4.78, 5) is 12.4. The molecule has 0 bridgehead atoms. The van der Waals surface area contributed by atoms with Gasteiger partial charge in [-0.25, -0.2) is 0 Å². The number of H-pyrrole nitrogens is 1. The average molecular weight is 307 g/mol. The summed E-state index contributed by atoms with van der Waals surface area (Å²) in [6.45, 7) is 0. The van der Waals surface area contributed by atoms with Crippen LogP contribution in [0.3, 0.4) is 0 Å².